The van der Waals surface area contributed by atoms with Gasteiger partial charge in [0.1, 0.15) is 0 Å². The summed E-state index contributed by atoms with van der Waals surface area (Å²) in [6.07, 6.45) is 0. The van der Waals surface area contributed by atoms with Gasteiger partial charge in [0, 0.05) is 10.7 Å². The van der Waals surface area contributed by atoms with Gasteiger partial charge in [-0.3, -0.25) is 0 Å². The molecular weight excluding hydrogens is 344 g/mol. The molecule has 0 radical (unpaired) electrons. The molecule has 0 N–H and O–H groups in total. The fourth-order valence-corrected chi connectivity index (χ4v) is 2.62. The monoisotopic (exact) mass is 356 g/mol. The van der Waals surface area contributed by atoms with Crippen LogP contribution in [0.4, 0.5) is 0 Å². The average Bonchev–Trinajstić information content (AvgIpc) is 2.36. The van der Waals surface area contributed by atoms with Gasteiger partial charge in [-0.2, -0.15) is 0 Å². The largest absolute Gasteiger partial charge is 0.248 e. The lowest BCUT2D eigenvalue weighted by molar-refractivity contribution is 0.867. The van der Waals surface area contributed by atoms with Gasteiger partial charge in [0.25, 0.3) is 0 Å². The quantitative estimate of drug-likeness (QED) is 0.753. The van der Waals surface area contributed by atoms with Gasteiger partial charge < -0.3 is 0 Å². The fourth-order valence-electron chi connectivity index (χ4n) is 1.72. The number of hydrogen-bond donors (Lipinski definition) is 0. The van der Waals surface area contributed by atoms with Crippen molar-refractivity contribution in [2.45, 2.75) is 30.4 Å². The van der Waals surface area contributed by atoms with Crippen LogP contribution in [0, 0.1) is 0 Å². The van der Waals surface area contributed by atoms with Gasteiger partial charge >= 0.3 is 0 Å². The Bertz CT molecular complexity index is 538. The molecule has 1 aromatic heterocycles. The molecule has 17 heavy (non-hydrogen) atoms. The lowest BCUT2D eigenvalue weighted by Crippen LogP contribution is -1.99. The van der Waals surface area contributed by atoms with Crippen molar-refractivity contribution in [3.8, 4) is 0 Å². The number of aromatic nitrogens is 2. The summed E-state index contributed by atoms with van der Waals surface area (Å²) in [6.45, 7) is 4.37. The van der Waals surface area contributed by atoms with Crippen LogP contribution in [0.5, 0.6) is 0 Å². The summed E-state index contributed by atoms with van der Waals surface area (Å²) in [5, 5.41) is 1.48. The minimum Gasteiger partial charge on any atom is -0.248 e. The lowest BCUT2D eigenvalue weighted by Gasteiger charge is -2.09. The predicted octanol–water partition coefficient (Wildman–Crippen LogP) is 4.54. The summed E-state index contributed by atoms with van der Waals surface area (Å²) >= 11 is 6.91. The standard InChI is InChI=1S/C13H14Br2N2/c1-8(2)9-3-4-10-11(5-9)17-13(7-15)12(6-14)16-10/h3-5,8H,6-7H2,1-2H3. The fraction of sp³-hybridized carbons (Fsp3) is 0.385. The van der Waals surface area contributed by atoms with Crippen LogP contribution in [0.1, 0.15) is 36.7 Å². The Labute approximate surface area is 118 Å². The Morgan fingerprint density at radius 3 is 2.12 bits per heavy atom. The van der Waals surface area contributed by atoms with Crippen LogP contribution < -0.4 is 0 Å². The number of alkyl halides is 2. The Balaban J connectivity index is 2.62. The molecule has 0 bridgehead atoms. The molecule has 0 saturated carbocycles. The van der Waals surface area contributed by atoms with Crippen molar-refractivity contribution in [2.75, 3.05) is 0 Å². The van der Waals surface area contributed by atoms with E-state index in [0.29, 0.717) is 5.92 Å². The molecule has 2 aromatic rings. The normalized spacial score (nSPS) is 11.4. The van der Waals surface area contributed by atoms with Crippen LogP contribution in [-0.2, 0) is 10.7 Å². The van der Waals surface area contributed by atoms with Crippen molar-refractivity contribution in [3.05, 3.63) is 35.2 Å². The molecule has 2 nitrogen and oxygen atoms in total. The van der Waals surface area contributed by atoms with E-state index in [-0.39, 0.29) is 0 Å². The maximum Gasteiger partial charge on any atom is 0.0893 e. The van der Waals surface area contributed by atoms with Crippen LogP contribution in [0.2, 0.25) is 0 Å². The first-order valence-corrected chi connectivity index (χ1v) is 7.81. The summed E-state index contributed by atoms with van der Waals surface area (Å²) in [7, 11) is 0. The SMILES string of the molecule is CC(C)c1ccc2nc(CBr)c(CBr)nc2c1. The highest BCUT2D eigenvalue weighted by Crippen LogP contribution is 2.21. The van der Waals surface area contributed by atoms with E-state index in [1.54, 1.807) is 0 Å². The molecular formula is C13H14Br2N2. The minimum absolute atomic E-state index is 0.518. The Morgan fingerprint density at radius 2 is 1.59 bits per heavy atom. The number of benzene rings is 1. The first-order chi connectivity index (χ1) is 8.15. The van der Waals surface area contributed by atoms with Crippen LogP contribution in [0.15, 0.2) is 18.2 Å². The van der Waals surface area contributed by atoms with E-state index in [1.807, 2.05) is 0 Å². The maximum atomic E-state index is 4.67. The van der Waals surface area contributed by atoms with Gasteiger partial charge in [-0.25, -0.2) is 9.97 Å². The van der Waals surface area contributed by atoms with E-state index in [0.717, 1.165) is 33.1 Å². The highest BCUT2D eigenvalue weighted by Gasteiger charge is 2.08. The van der Waals surface area contributed by atoms with E-state index in [2.05, 4.69) is 73.9 Å². The van der Waals surface area contributed by atoms with Crippen molar-refractivity contribution in [1.82, 2.24) is 9.97 Å². The van der Waals surface area contributed by atoms with Gasteiger partial charge in [-0.1, -0.05) is 51.8 Å². The minimum atomic E-state index is 0.518. The van der Waals surface area contributed by atoms with Crippen LogP contribution in [-0.4, -0.2) is 9.97 Å². The Hall–Kier alpha value is -0.480. The van der Waals surface area contributed by atoms with Gasteiger partial charge in [0.2, 0.25) is 0 Å². The number of nitrogens with zero attached hydrogens (tertiary/aromatic N) is 2. The molecule has 0 fully saturated rings. The third-order valence-electron chi connectivity index (χ3n) is 2.76. The first kappa shape index (κ1) is 13.0. The van der Waals surface area contributed by atoms with Crippen molar-refractivity contribution < 1.29 is 0 Å². The van der Waals surface area contributed by atoms with Gasteiger partial charge in [-0.15, -0.1) is 0 Å². The molecule has 0 unspecified atom stereocenters. The maximum absolute atomic E-state index is 4.67. The molecule has 0 saturated heterocycles. The smallest absolute Gasteiger partial charge is 0.0893 e. The van der Waals surface area contributed by atoms with Crippen LogP contribution in [0.3, 0.4) is 0 Å². The van der Waals surface area contributed by atoms with E-state index in [1.165, 1.54) is 5.56 Å². The number of hydrogen-bond acceptors (Lipinski definition) is 2. The molecule has 2 rings (SSSR count). The third-order valence-corrected chi connectivity index (χ3v) is 3.83. The average molecular weight is 358 g/mol. The van der Waals surface area contributed by atoms with Crippen LogP contribution in [0.25, 0.3) is 11.0 Å². The van der Waals surface area contributed by atoms with E-state index in [9.17, 15) is 0 Å². The van der Waals surface area contributed by atoms with Gasteiger partial charge in [0.15, 0.2) is 0 Å². The molecule has 0 aliphatic carbocycles. The lowest BCUT2D eigenvalue weighted by atomic mass is 10.0. The predicted molar refractivity (Wildman–Crippen MR) is 78.9 cm³/mol. The first-order valence-electron chi connectivity index (χ1n) is 5.57. The molecule has 0 aliphatic rings. The highest BCUT2D eigenvalue weighted by molar-refractivity contribution is 9.09. The topological polar surface area (TPSA) is 25.8 Å². The molecule has 0 atom stereocenters. The second kappa shape index (κ2) is 5.44. The molecule has 4 heteroatoms. The summed E-state index contributed by atoms with van der Waals surface area (Å²) in [5.41, 5.74) is 5.27. The van der Waals surface area contributed by atoms with E-state index >= 15 is 0 Å². The van der Waals surface area contributed by atoms with Gasteiger partial charge in [0.05, 0.1) is 22.4 Å². The molecule has 0 amide bonds. The molecule has 1 heterocycles. The van der Waals surface area contributed by atoms with E-state index < -0.39 is 0 Å². The summed E-state index contributed by atoms with van der Waals surface area (Å²) in [5.74, 6) is 0.518. The second-order valence-electron chi connectivity index (χ2n) is 4.29. The molecule has 1 aromatic carbocycles. The van der Waals surface area contributed by atoms with Crippen molar-refractivity contribution in [1.29, 1.82) is 0 Å². The zero-order chi connectivity index (χ0) is 12.4. The Kier molecular flexibility index (Phi) is 4.15. The zero-order valence-electron chi connectivity index (χ0n) is 9.87. The molecule has 0 spiro atoms. The third kappa shape index (κ3) is 2.68. The molecule has 0 aliphatic heterocycles. The summed E-state index contributed by atoms with van der Waals surface area (Å²) in [4.78, 5) is 9.29. The second-order valence-corrected chi connectivity index (χ2v) is 5.41. The van der Waals surface area contributed by atoms with Crippen molar-refractivity contribution >= 4 is 42.9 Å². The van der Waals surface area contributed by atoms with Crippen molar-refractivity contribution in [2.24, 2.45) is 0 Å². The van der Waals surface area contributed by atoms with Crippen LogP contribution >= 0.6 is 31.9 Å². The van der Waals surface area contributed by atoms with Crippen molar-refractivity contribution in [3.63, 3.8) is 0 Å². The zero-order valence-corrected chi connectivity index (χ0v) is 13.0. The molecule has 90 valence electrons. The van der Waals surface area contributed by atoms with E-state index in [4.69, 9.17) is 0 Å². The Morgan fingerprint density at radius 1 is 1.00 bits per heavy atom. The summed E-state index contributed by atoms with van der Waals surface area (Å²) in [6, 6.07) is 6.33. The number of rotatable bonds is 3. The number of fused-ring (bicyclic) bond motifs is 1. The highest BCUT2D eigenvalue weighted by atomic mass is 79.9. The number of halogens is 2. The summed E-state index contributed by atoms with van der Waals surface area (Å²) < 4.78 is 0. The van der Waals surface area contributed by atoms with Gasteiger partial charge in [-0.05, 0) is 23.6 Å².